The lowest BCUT2D eigenvalue weighted by Crippen LogP contribution is -2.19. The van der Waals surface area contributed by atoms with E-state index in [1.165, 1.54) is 11.6 Å². The Morgan fingerprint density at radius 1 is 0.879 bits per heavy atom. The van der Waals surface area contributed by atoms with E-state index in [1.807, 2.05) is 38.1 Å². The topological polar surface area (TPSA) is 18.5 Å². The van der Waals surface area contributed by atoms with Crippen LogP contribution in [0.5, 0.6) is 5.75 Å². The van der Waals surface area contributed by atoms with Crippen molar-refractivity contribution in [1.82, 2.24) is 0 Å². The normalized spacial score (nSPS) is 18.5. The van der Waals surface area contributed by atoms with Crippen molar-refractivity contribution in [2.75, 3.05) is 13.2 Å². The molecule has 4 heteroatoms. The molecule has 3 aromatic rings. The van der Waals surface area contributed by atoms with Gasteiger partial charge in [-0.1, -0.05) is 67.6 Å². The first kappa shape index (κ1) is 23.2. The highest BCUT2D eigenvalue weighted by atomic mass is 19.2. The lowest BCUT2D eigenvalue weighted by atomic mass is 9.93. The van der Waals surface area contributed by atoms with Crippen LogP contribution in [0, 0.1) is 17.6 Å². The number of rotatable bonds is 7. The van der Waals surface area contributed by atoms with Crippen molar-refractivity contribution in [2.45, 2.75) is 39.2 Å². The second kappa shape index (κ2) is 10.8. The van der Waals surface area contributed by atoms with E-state index in [2.05, 4.69) is 36.4 Å². The molecule has 172 valence electrons. The molecule has 1 heterocycles. The van der Waals surface area contributed by atoms with Crippen molar-refractivity contribution in [3.8, 4) is 28.0 Å². The summed E-state index contributed by atoms with van der Waals surface area (Å²) in [5.74, 6) is -1.36. The fraction of sp³-hybridized carbons (Fsp3) is 0.310. The summed E-state index contributed by atoms with van der Waals surface area (Å²) < 4.78 is 40.3. The van der Waals surface area contributed by atoms with Gasteiger partial charge in [-0.15, -0.1) is 0 Å². The van der Waals surface area contributed by atoms with E-state index in [9.17, 15) is 8.78 Å². The van der Waals surface area contributed by atoms with Gasteiger partial charge in [-0.3, -0.25) is 0 Å². The van der Waals surface area contributed by atoms with E-state index in [-0.39, 0.29) is 17.4 Å². The zero-order valence-electron chi connectivity index (χ0n) is 19.2. The molecule has 0 aromatic heterocycles. The number of allylic oxidation sites excluding steroid dienone is 1. The molecule has 1 aliphatic heterocycles. The van der Waals surface area contributed by atoms with Crippen LogP contribution in [0.15, 0.2) is 72.8 Å². The van der Waals surface area contributed by atoms with Crippen molar-refractivity contribution in [3.63, 3.8) is 0 Å². The van der Waals surface area contributed by atoms with Gasteiger partial charge < -0.3 is 9.47 Å². The summed E-state index contributed by atoms with van der Waals surface area (Å²) in [6.45, 7) is 5.08. The molecule has 2 atom stereocenters. The first-order valence-corrected chi connectivity index (χ1v) is 11.7. The maximum absolute atomic E-state index is 14.6. The summed E-state index contributed by atoms with van der Waals surface area (Å²) in [4.78, 5) is 0. The summed E-state index contributed by atoms with van der Waals surface area (Å²) in [5, 5.41) is 0. The molecule has 1 fully saturated rings. The third-order valence-corrected chi connectivity index (χ3v) is 6.10. The molecule has 2 unspecified atom stereocenters. The SMILES string of the molecule is C/C=C/C1CCC(c2ccc(-c3ccc(-c4ccc(OCCC)c(F)c4F)cc3)cc2)OC1. The Balaban J connectivity index is 1.46. The highest BCUT2D eigenvalue weighted by Gasteiger charge is 2.21. The van der Waals surface area contributed by atoms with Crippen LogP contribution in [0.25, 0.3) is 22.3 Å². The van der Waals surface area contributed by atoms with E-state index in [0.29, 0.717) is 18.1 Å². The largest absolute Gasteiger partial charge is 0.490 e. The molecule has 0 N–H and O–H groups in total. The number of benzene rings is 3. The van der Waals surface area contributed by atoms with Gasteiger partial charge in [0.2, 0.25) is 5.82 Å². The summed E-state index contributed by atoms with van der Waals surface area (Å²) in [6.07, 6.45) is 7.35. The Morgan fingerprint density at radius 3 is 2.15 bits per heavy atom. The van der Waals surface area contributed by atoms with Crippen LogP contribution in [0.2, 0.25) is 0 Å². The fourth-order valence-corrected chi connectivity index (χ4v) is 4.27. The van der Waals surface area contributed by atoms with Crippen molar-refractivity contribution >= 4 is 0 Å². The minimum atomic E-state index is -0.942. The molecule has 0 radical (unpaired) electrons. The second-order valence-corrected chi connectivity index (χ2v) is 8.47. The Bertz CT molecular complexity index is 1080. The predicted octanol–water partition coefficient (Wildman–Crippen LogP) is 8.13. The van der Waals surface area contributed by atoms with Crippen molar-refractivity contribution in [1.29, 1.82) is 0 Å². The van der Waals surface area contributed by atoms with E-state index >= 15 is 0 Å². The molecule has 1 aliphatic rings. The minimum absolute atomic E-state index is 0.0471. The fourth-order valence-electron chi connectivity index (χ4n) is 4.27. The molecule has 0 bridgehead atoms. The van der Waals surface area contributed by atoms with Gasteiger partial charge in [0.1, 0.15) is 0 Å². The maximum atomic E-state index is 14.6. The number of halogens is 2. The van der Waals surface area contributed by atoms with E-state index in [0.717, 1.165) is 37.0 Å². The summed E-state index contributed by atoms with van der Waals surface area (Å²) in [5.41, 5.74) is 4.14. The predicted molar refractivity (Wildman–Crippen MR) is 129 cm³/mol. The summed E-state index contributed by atoms with van der Waals surface area (Å²) in [7, 11) is 0. The highest BCUT2D eigenvalue weighted by Crippen LogP contribution is 2.34. The number of hydrogen-bond acceptors (Lipinski definition) is 2. The van der Waals surface area contributed by atoms with Gasteiger partial charge in [-0.25, -0.2) is 4.39 Å². The van der Waals surface area contributed by atoms with Gasteiger partial charge in [0.15, 0.2) is 11.6 Å². The maximum Gasteiger partial charge on any atom is 0.201 e. The molecule has 1 saturated heterocycles. The van der Waals surface area contributed by atoms with Crippen LogP contribution >= 0.6 is 0 Å². The van der Waals surface area contributed by atoms with E-state index in [1.54, 1.807) is 6.07 Å². The third-order valence-electron chi connectivity index (χ3n) is 6.10. The van der Waals surface area contributed by atoms with Crippen molar-refractivity contribution in [2.24, 2.45) is 5.92 Å². The average molecular weight is 449 g/mol. The van der Waals surface area contributed by atoms with Gasteiger partial charge in [0, 0.05) is 11.5 Å². The van der Waals surface area contributed by atoms with E-state index in [4.69, 9.17) is 9.47 Å². The first-order valence-electron chi connectivity index (χ1n) is 11.7. The minimum Gasteiger partial charge on any atom is -0.490 e. The Labute approximate surface area is 194 Å². The molecule has 3 aromatic carbocycles. The molecular formula is C29H30F2O2. The quantitative estimate of drug-likeness (QED) is 0.340. The summed E-state index contributed by atoms with van der Waals surface area (Å²) >= 11 is 0. The number of ether oxygens (including phenoxy) is 2. The van der Waals surface area contributed by atoms with Gasteiger partial charge in [0.05, 0.1) is 19.3 Å². The first-order chi connectivity index (χ1) is 16.1. The van der Waals surface area contributed by atoms with Crippen molar-refractivity contribution in [3.05, 3.63) is 90.0 Å². The number of hydrogen-bond donors (Lipinski definition) is 0. The lowest BCUT2D eigenvalue weighted by molar-refractivity contribution is -0.00524. The van der Waals surface area contributed by atoms with Gasteiger partial charge in [-0.2, -0.15) is 4.39 Å². The molecule has 0 aliphatic carbocycles. The Hall–Kier alpha value is -2.98. The molecule has 0 spiro atoms. The second-order valence-electron chi connectivity index (χ2n) is 8.47. The molecule has 33 heavy (non-hydrogen) atoms. The van der Waals surface area contributed by atoms with Crippen molar-refractivity contribution < 1.29 is 18.3 Å². The smallest absolute Gasteiger partial charge is 0.201 e. The molecule has 4 rings (SSSR count). The zero-order chi connectivity index (χ0) is 23.2. The standard InChI is InChI=1S/C29H30F2O2/c1-3-5-20-6-16-26(33-19-20)24-13-9-22(10-14-24)21-7-11-23(12-8-21)25-15-17-27(32-18-4-2)29(31)28(25)30/h3,5,7-15,17,20,26H,4,6,16,18-19H2,1-2H3/b5-3+. The molecule has 0 amide bonds. The Morgan fingerprint density at radius 2 is 1.55 bits per heavy atom. The van der Waals surface area contributed by atoms with E-state index < -0.39 is 11.6 Å². The van der Waals surface area contributed by atoms with Crippen LogP contribution in [0.3, 0.4) is 0 Å². The monoisotopic (exact) mass is 448 g/mol. The van der Waals surface area contributed by atoms with Gasteiger partial charge in [0.25, 0.3) is 0 Å². The average Bonchev–Trinajstić information content (AvgIpc) is 2.86. The Kier molecular flexibility index (Phi) is 7.56. The van der Waals surface area contributed by atoms with Crippen LogP contribution in [0.4, 0.5) is 8.78 Å². The highest BCUT2D eigenvalue weighted by molar-refractivity contribution is 5.71. The summed E-state index contributed by atoms with van der Waals surface area (Å²) in [6, 6.07) is 19.0. The lowest BCUT2D eigenvalue weighted by Gasteiger charge is -2.27. The van der Waals surface area contributed by atoms with Crippen LogP contribution < -0.4 is 4.74 Å². The van der Waals surface area contributed by atoms with Crippen LogP contribution in [-0.2, 0) is 4.74 Å². The van der Waals surface area contributed by atoms with Gasteiger partial charge >= 0.3 is 0 Å². The third kappa shape index (κ3) is 5.33. The van der Waals surface area contributed by atoms with Crippen LogP contribution in [-0.4, -0.2) is 13.2 Å². The molecule has 2 nitrogen and oxygen atoms in total. The van der Waals surface area contributed by atoms with Crippen LogP contribution in [0.1, 0.15) is 44.8 Å². The van der Waals surface area contributed by atoms with Gasteiger partial charge in [-0.05, 0) is 60.6 Å². The molecule has 0 saturated carbocycles. The zero-order valence-corrected chi connectivity index (χ0v) is 19.2. The molecular weight excluding hydrogens is 418 g/mol.